The Morgan fingerprint density at radius 2 is 2.18 bits per heavy atom. The monoisotopic (exact) mass is 249 g/mol. The van der Waals surface area contributed by atoms with Crippen molar-refractivity contribution in [1.29, 1.82) is 0 Å². The molecular weight excluding hydrogens is 226 g/mol. The van der Waals surface area contributed by atoms with Crippen LogP contribution in [0, 0.1) is 0 Å². The van der Waals surface area contributed by atoms with Crippen molar-refractivity contribution >= 4 is 5.97 Å². The second-order valence-corrected chi connectivity index (χ2v) is 3.48. The molecule has 0 aliphatic carbocycles. The van der Waals surface area contributed by atoms with Crippen LogP contribution in [0.2, 0.25) is 0 Å². The number of hydrogen-bond acceptors (Lipinski definition) is 6. The first kappa shape index (κ1) is 16.3. The maximum Gasteiger partial charge on any atom is 0.307 e. The minimum atomic E-state index is -0.575. The number of aliphatic hydroxyl groups excluding tert-OH is 1. The molecule has 0 saturated heterocycles. The van der Waals surface area contributed by atoms with E-state index in [-0.39, 0.29) is 12.6 Å². The number of esters is 1. The molecule has 0 bridgehead atoms. The third-order valence-electron chi connectivity index (χ3n) is 1.93. The molecule has 17 heavy (non-hydrogen) atoms. The van der Waals surface area contributed by atoms with Crippen molar-refractivity contribution in [3.63, 3.8) is 0 Å². The number of nitrogens with one attached hydrogen (secondary N) is 1. The van der Waals surface area contributed by atoms with Gasteiger partial charge in [-0.1, -0.05) is 0 Å². The summed E-state index contributed by atoms with van der Waals surface area (Å²) >= 11 is 0. The third-order valence-corrected chi connectivity index (χ3v) is 1.93. The van der Waals surface area contributed by atoms with Crippen molar-refractivity contribution in [3.8, 4) is 0 Å². The molecule has 2 N–H and O–H groups in total. The first-order valence-electron chi connectivity index (χ1n) is 5.81. The molecule has 0 aromatic rings. The minimum Gasteiger partial charge on any atom is -0.466 e. The van der Waals surface area contributed by atoms with Crippen molar-refractivity contribution in [2.45, 2.75) is 19.4 Å². The molecule has 6 nitrogen and oxygen atoms in total. The van der Waals surface area contributed by atoms with Gasteiger partial charge in [0.15, 0.2) is 0 Å². The van der Waals surface area contributed by atoms with Crippen molar-refractivity contribution < 1.29 is 24.1 Å². The summed E-state index contributed by atoms with van der Waals surface area (Å²) in [6.07, 6.45) is -0.264. The van der Waals surface area contributed by atoms with Crippen LogP contribution in [0.15, 0.2) is 0 Å². The van der Waals surface area contributed by atoms with Gasteiger partial charge in [0, 0.05) is 20.2 Å². The number of hydrogen-bond donors (Lipinski definition) is 2. The molecule has 1 unspecified atom stereocenters. The second-order valence-electron chi connectivity index (χ2n) is 3.48. The van der Waals surface area contributed by atoms with Gasteiger partial charge in [0.25, 0.3) is 0 Å². The predicted molar refractivity (Wildman–Crippen MR) is 62.8 cm³/mol. The lowest BCUT2D eigenvalue weighted by atomic mass is 10.3. The van der Waals surface area contributed by atoms with Gasteiger partial charge in [-0.05, 0) is 6.92 Å². The molecule has 6 heteroatoms. The van der Waals surface area contributed by atoms with Crippen LogP contribution in [-0.4, -0.2) is 63.8 Å². The standard InChI is InChI=1S/C11H23NO5/c1-3-17-11(14)4-5-12-8-10(13)9-16-7-6-15-2/h10,12-13H,3-9H2,1-2H3. The molecule has 0 saturated carbocycles. The summed E-state index contributed by atoms with van der Waals surface area (Å²) in [5.41, 5.74) is 0. The van der Waals surface area contributed by atoms with Gasteiger partial charge >= 0.3 is 5.97 Å². The summed E-state index contributed by atoms with van der Waals surface area (Å²) < 4.78 is 14.7. The Morgan fingerprint density at radius 3 is 2.82 bits per heavy atom. The quantitative estimate of drug-likeness (QED) is 0.381. The van der Waals surface area contributed by atoms with E-state index in [0.29, 0.717) is 39.3 Å². The zero-order valence-electron chi connectivity index (χ0n) is 10.6. The molecule has 0 heterocycles. The minimum absolute atomic E-state index is 0.231. The predicted octanol–water partition coefficient (Wildman–Crippen LogP) is -0.447. The largest absolute Gasteiger partial charge is 0.466 e. The lowest BCUT2D eigenvalue weighted by molar-refractivity contribution is -0.143. The average molecular weight is 249 g/mol. The topological polar surface area (TPSA) is 77.0 Å². The van der Waals surface area contributed by atoms with E-state index in [1.54, 1.807) is 14.0 Å². The number of ether oxygens (including phenoxy) is 3. The van der Waals surface area contributed by atoms with Crippen LogP contribution in [0.4, 0.5) is 0 Å². The van der Waals surface area contributed by atoms with E-state index in [9.17, 15) is 9.90 Å². The first-order chi connectivity index (χ1) is 8.20. The van der Waals surface area contributed by atoms with Gasteiger partial charge in [0.2, 0.25) is 0 Å². The van der Waals surface area contributed by atoms with Crippen LogP contribution in [0.5, 0.6) is 0 Å². The van der Waals surface area contributed by atoms with Gasteiger partial charge in [-0.3, -0.25) is 4.79 Å². The fourth-order valence-corrected chi connectivity index (χ4v) is 1.11. The van der Waals surface area contributed by atoms with Crippen molar-refractivity contribution in [3.05, 3.63) is 0 Å². The Hall–Kier alpha value is -0.690. The summed E-state index contributed by atoms with van der Waals surface area (Å²) in [4.78, 5) is 11.0. The molecule has 0 aromatic carbocycles. The molecule has 102 valence electrons. The first-order valence-corrected chi connectivity index (χ1v) is 5.81. The van der Waals surface area contributed by atoms with Crippen LogP contribution in [-0.2, 0) is 19.0 Å². The van der Waals surface area contributed by atoms with Crippen LogP contribution >= 0.6 is 0 Å². The Balaban J connectivity index is 3.26. The molecule has 0 spiro atoms. The fraction of sp³-hybridized carbons (Fsp3) is 0.909. The van der Waals surface area contributed by atoms with Gasteiger partial charge in [-0.2, -0.15) is 0 Å². The van der Waals surface area contributed by atoms with E-state index in [1.807, 2.05) is 0 Å². The molecule has 1 atom stereocenters. The van der Waals surface area contributed by atoms with Gasteiger partial charge in [-0.15, -0.1) is 0 Å². The Morgan fingerprint density at radius 1 is 1.41 bits per heavy atom. The maximum absolute atomic E-state index is 11.0. The molecule has 0 aliphatic heterocycles. The number of methoxy groups -OCH3 is 1. The zero-order chi connectivity index (χ0) is 12.9. The highest BCUT2D eigenvalue weighted by Gasteiger charge is 2.05. The highest BCUT2D eigenvalue weighted by Crippen LogP contribution is 1.87. The van der Waals surface area contributed by atoms with E-state index >= 15 is 0 Å². The lowest BCUT2D eigenvalue weighted by Gasteiger charge is -2.11. The van der Waals surface area contributed by atoms with Gasteiger partial charge < -0.3 is 24.6 Å². The molecule has 0 aromatic heterocycles. The molecule has 0 fully saturated rings. The summed E-state index contributed by atoms with van der Waals surface area (Å²) in [5, 5.41) is 12.4. The van der Waals surface area contributed by atoms with E-state index in [0.717, 1.165) is 0 Å². The second kappa shape index (κ2) is 11.8. The number of aliphatic hydroxyl groups is 1. The van der Waals surface area contributed by atoms with Crippen LogP contribution in [0.3, 0.4) is 0 Å². The summed E-state index contributed by atoms with van der Waals surface area (Å²) in [7, 11) is 1.59. The fourth-order valence-electron chi connectivity index (χ4n) is 1.11. The molecular formula is C11H23NO5. The van der Waals surface area contributed by atoms with E-state index < -0.39 is 6.10 Å². The van der Waals surface area contributed by atoms with Crippen LogP contribution in [0.25, 0.3) is 0 Å². The Kier molecular flexibility index (Phi) is 11.3. The van der Waals surface area contributed by atoms with E-state index in [1.165, 1.54) is 0 Å². The van der Waals surface area contributed by atoms with Crippen molar-refractivity contribution in [2.24, 2.45) is 0 Å². The highest BCUT2D eigenvalue weighted by atomic mass is 16.5. The number of rotatable bonds is 11. The smallest absolute Gasteiger partial charge is 0.307 e. The molecule has 0 aliphatic rings. The molecule has 0 radical (unpaired) electrons. The summed E-state index contributed by atoms with van der Waals surface area (Å²) in [5.74, 6) is -0.231. The van der Waals surface area contributed by atoms with E-state index in [4.69, 9.17) is 14.2 Å². The molecule has 0 amide bonds. The Bertz CT molecular complexity index is 189. The summed E-state index contributed by atoms with van der Waals surface area (Å²) in [6.45, 7) is 4.30. The zero-order valence-corrected chi connectivity index (χ0v) is 10.6. The van der Waals surface area contributed by atoms with Crippen molar-refractivity contribution in [1.82, 2.24) is 5.32 Å². The van der Waals surface area contributed by atoms with Crippen LogP contribution < -0.4 is 5.32 Å². The van der Waals surface area contributed by atoms with Gasteiger partial charge in [0.05, 0.1) is 39.0 Å². The summed E-state index contributed by atoms with van der Waals surface area (Å²) in [6, 6.07) is 0. The third kappa shape index (κ3) is 11.6. The normalized spacial score (nSPS) is 12.4. The molecule has 0 rings (SSSR count). The number of carbonyl (C=O) groups excluding carboxylic acids is 1. The lowest BCUT2D eigenvalue weighted by Crippen LogP contribution is -2.32. The maximum atomic E-state index is 11.0. The van der Waals surface area contributed by atoms with Gasteiger partial charge in [0.1, 0.15) is 0 Å². The van der Waals surface area contributed by atoms with Crippen molar-refractivity contribution in [2.75, 3.05) is 46.6 Å². The number of carbonyl (C=O) groups is 1. The Labute approximate surface area is 102 Å². The SMILES string of the molecule is CCOC(=O)CCNCC(O)COCCOC. The van der Waals surface area contributed by atoms with Crippen LogP contribution in [0.1, 0.15) is 13.3 Å². The average Bonchev–Trinajstić information content (AvgIpc) is 2.31. The highest BCUT2D eigenvalue weighted by molar-refractivity contribution is 5.69. The van der Waals surface area contributed by atoms with E-state index in [2.05, 4.69) is 5.32 Å². The van der Waals surface area contributed by atoms with Gasteiger partial charge in [-0.25, -0.2) is 0 Å².